The first kappa shape index (κ1) is 15.2. The molecule has 0 spiro atoms. The van der Waals surface area contributed by atoms with Gasteiger partial charge in [0.05, 0.1) is 0 Å². The van der Waals surface area contributed by atoms with Crippen molar-refractivity contribution in [2.45, 2.75) is 58.5 Å². The van der Waals surface area contributed by atoms with Crippen LogP contribution in [0.1, 0.15) is 50.3 Å². The third-order valence-corrected chi connectivity index (χ3v) is 4.31. The molecule has 2 N–H and O–H groups in total. The van der Waals surface area contributed by atoms with Gasteiger partial charge in [-0.05, 0) is 24.0 Å². The number of carboxylic acids is 1. The van der Waals surface area contributed by atoms with Crippen molar-refractivity contribution < 1.29 is 9.90 Å². The van der Waals surface area contributed by atoms with Crippen molar-refractivity contribution in [1.82, 2.24) is 5.32 Å². The molecule has 1 unspecified atom stereocenters. The average molecular weight is 269 g/mol. The lowest BCUT2D eigenvalue weighted by atomic mass is 9.95. The van der Waals surface area contributed by atoms with Crippen molar-refractivity contribution >= 4 is 17.3 Å². The van der Waals surface area contributed by atoms with Crippen LogP contribution in [-0.2, 0) is 16.8 Å². The highest BCUT2D eigenvalue weighted by molar-refractivity contribution is 7.12. The molecule has 3 nitrogen and oxygen atoms in total. The molecular weight excluding hydrogens is 246 g/mol. The molecule has 0 fully saturated rings. The van der Waals surface area contributed by atoms with Crippen molar-refractivity contribution in [2.75, 3.05) is 0 Å². The Morgan fingerprint density at radius 3 is 2.56 bits per heavy atom. The quantitative estimate of drug-likeness (QED) is 0.832. The van der Waals surface area contributed by atoms with Gasteiger partial charge in [-0.15, -0.1) is 11.3 Å². The van der Waals surface area contributed by atoms with E-state index >= 15 is 0 Å². The summed E-state index contributed by atoms with van der Waals surface area (Å²) in [6.07, 6.45) is 1.55. The van der Waals surface area contributed by atoms with E-state index in [-0.39, 0.29) is 5.41 Å². The minimum Gasteiger partial charge on any atom is -0.480 e. The number of carboxylic acid groups (broad SMARTS) is 1. The van der Waals surface area contributed by atoms with Crippen molar-refractivity contribution in [3.8, 4) is 0 Å². The van der Waals surface area contributed by atoms with E-state index in [9.17, 15) is 4.79 Å². The van der Waals surface area contributed by atoms with E-state index in [1.807, 2.05) is 6.92 Å². The van der Waals surface area contributed by atoms with Crippen LogP contribution >= 0.6 is 11.3 Å². The zero-order valence-corrected chi connectivity index (χ0v) is 12.4. The van der Waals surface area contributed by atoms with Gasteiger partial charge in [-0.3, -0.25) is 10.1 Å². The van der Waals surface area contributed by atoms with Crippen LogP contribution in [0.5, 0.6) is 0 Å². The topological polar surface area (TPSA) is 49.3 Å². The van der Waals surface area contributed by atoms with Crippen LogP contribution in [0.15, 0.2) is 12.1 Å². The molecule has 0 aromatic carbocycles. The summed E-state index contributed by atoms with van der Waals surface area (Å²) in [4.78, 5) is 13.5. The number of rotatable bonds is 6. The second-order valence-corrected chi connectivity index (χ2v) is 6.74. The summed E-state index contributed by atoms with van der Waals surface area (Å²) < 4.78 is 0. The molecule has 1 aromatic rings. The normalized spacial score (nSPS) is 13.6. The summed E-state index contributed by atoms with van der Waals surface area (Å²) in [5.41, 5.74) is 0.165. The average Bonchev–Trinajstić information content (AvgIpc) is 2.71. The molecule has 18 heavy (non-hydrogen) atoms. The molecular formula is C14H23NO2S. The number of aliphatic carboxylic acids is 1. The van der Waals surface area contributed by atoms with Gasteiger partial charge >= 0.3 is 5.97 Å². The molecule has 0 bridgehead atoms. The molecule has 0 saturated heterocycles. The number of carbonyl (C=O) groups is 1. The van der Waals surface area contributed by atoms with Gasteiger partial charge in [0.2, 0.25) is 0 Å². The van der Waals surface area contributed by atoms with Crippen molar-refractivity contribution in [1.29, 1.82) is 0 Å². The summed E-state index contributed by atoms with van der Waals surface area (Å²) in [5.74, 6) is -0.760. The van der Waals surface area contributed by atoms with Crippen LogP contribution in [0.25, 0.3) is 0 Å². The van der Waals surface area contributed by atoms with Gasteiger partial charge in [-0.25, -0.2) is 0 Å². The third kappa shape index (κ3) is 4.42. The number of nitrogens with one attached hydrogen (secondary N) is 1. The van der Waals surface area contributed by atoms with E-state index in [4.69, 9.17) is 5.11 Å². The second-order valence-electron chi connectivity index (χ2n) is 5.58. The van der Waals surface area contributed by atoms with Gasteiger partial charge in [0.15, 0.2) is 0 Å². The molecule has 1 atom stereocenters. The molecule has 1 aromatic heterocycles. The van der Waals surface area contributed by atoms with Crippen LogP contribution < -0.4 is 5.32 Å². The molecule has 0 amide bonds. The fourth-order valence-electron chi connectivity index (χ4n) is 1.70. The molecule has 0 aliphatic carbocycles. The maximum atomic E-state index is 11.0. The number of thiophene rings is 1. The maximum Gasteiger partial charge on any atom is 0.320 e. The van der Waals surface area contributed by atoms with Gasteiger partial charge in [0, 0.05) is 16.3 Å². The molecule has 1 heterocycles. The predicted molar refractivity (Wildman–Crippen MR) is 76.2 cm³/mol. The highest BCUT2D eigenvalue weighted by Crippen LogP contribution is 2.29. The van der Waals surface area contributed by atoms with E-state index in [2.05, 4.69) is 38.2 Å². The summed E-state index contributed by atoms with van der Waals surface area (Å²) in [6.45, 7) is 9.20. The standard InChI is InChI=1S/C14H23NO2S/c1-5-6-11(13(16)17)15-9-10-7-8-12(18-10)14(2,3)4/h7-8,11,15H,5-6,9H2,1-4H3,(H,16,17). The van der Waals surface area contributed by atoms with Gasteiger partial charge in [0.1, 0.15) is 6.04 Å². The molecule has 0 saturated carbocycles. The van der Waals surface area contributed by atoms with Gasteiger partial charge in [0.25, 0.3) is 0 Å². The van der Waals surface area contributed by atoms with E-state index in [1.165, 1.54) is 9.75 Å². The lowest BCUT2D eigenvalue weighted by molar-refractivity contribution is -0.139. The van der Waals surface area contributed by atoms with Crippen LogP contribution in [0.4, 0.5) is 0 Å². The highest BCUT2D eigenvalue weighted by atomic mass is 32.1. The molecule has 102 valence electrons. The second kappa shape index (κ2) is 6.34. The lowest BCUT2D eigenvalue weighted by Crippen LogP contribution is -2.35. The fraction of sp³-hybridized carbons (Fsp3) is 0.643. The Bertz CT molecular complexity index is 393. The van der Waals surface area contributed by atoms with Crippen molar-refractivity contribution in [2.24, 2.45) is 0 Å². The number of hydrogen-bond acceptors (Lipinski definition) is 3. The predicted octanol–water partition coefficient (Wildman–Crippen LogP) is 3.39. The van der Waals surface area contributed by atoms with Crippen molar-refractivity contribution in [3.05, 3.63) is 21.9 Å². The first-order valence-electron chi connectivity index (χ1n) is 6.40. The van der Waals surface area contributed by atoms with Crippen LogP contribution in [0, 0.1) is 0 Å². The first-order chi connectivity index (χ1) is 8.34. The molecule has 0 aliphatic rings. The summed E-state index contributed by atoms with van der Waals surface area (Å²) in [7, 11) is 0. The Labute approximate surface area is 113 Å². The Balaban J connectivity index is 2.57. The highest BCUT2D eigenvalue weighted by Gasteiger charge is 2.18. The molecule has 0 aliphatic heterocycles. The Hall–Kier alpha value is -0.870. The molecule has 4 heteroatoms. The Morgan fingerprint density at radius 2 is 2.11 bits per heavy atom. The van der Waals surface area contributed by atoms with Gasteiger partial charge in [-0.1, -0.05) is 34.1 Å². The minimum atomic E-state index is -0.760. The van der Waals surface area contributed by atoms with E-state index in [0.29, 0.717) is 13.0 Å². The lowest BCUT2D eigenvalue weighted by Gasteiger charge is -2.15. The van der Waals surface area contributed by atoms with Crippen LogP contribution in [0.2, 0.25) is 0 Å². The zero-order valence-electron chi connectivity index (χ0n) is 11.6. The molecule has 1 rings (SSSR count). The third-order valence-electron chi connectivity index (χ3n) is 2.80. The van der Waals surface area contributed by atoms with E-state index in [0.717, 1.165) is 6.42 Å². The van der Waals surface area contributed by atoms with E-state index in [1.54, 1.807) is 11.3 Å². The fourth-order valence-corrected chi connectivity index (χ4v) is 2.72. The summed E-state index contributed by atoms with van der Waals surface area (Å²) in [6, 6.07) is 3.79. The van der Waals surface area contributed by atoms with Crippen molar-refractivity contribution in [3.63, 3.8) is 0 Å². The van der Waals surface area contributed by atoms with Gasteiger partial charge in [-0.2, -0.15) is 0 Å². The monoisotopic (exact) mass is 269 g/mol. The zero-order chi connectivity index (χ0) is 13.8. The smallest absolute Gasteiger partial charge is 0.320 e. The van der Waals surface area contributed by atoms with Crippen LogP contribution in [-0.4, -0.2) is 17.1 Å². The largest absolute Gasteiger partial charge is 0.480 e. The first-order valence-corrected chi connectivity index (χ1v) is 7.21. The minimum absolute atomic E-state index is 0.165. The summed E-state index contributed by atoms with van der Waals surface area (Å²) >= 11 is 1.76. The maximum absolute atomic E-state index is 11.0. The molecule has 0 radical (unpaired) electrons. The number of hydrogen-bond donors (Lipinski definition) is 2. The SMILES string of the molecule is CCCC(NCc1ccc(C(C)(C)C)s1)C(=O)O. The van der Waals surface area contributed by atoms with Gasteiger partial charge < -0.3 is 5.11 Å². The van der Waals surface area contributed by atoms with E-state index < -0.39 is 12.0 Å². The van der Waals surface area contributed by atoms with Crippen LogP contribution in [0.3, 0.4) is 0 Å². The summed E-state index contributed by atoms with van der Waals surface area (Å²) in [5, 5.41) is 12.2. The Kier molecular flexibility index (Phi) is 5.35. The Morgan fingerprint density at radius 1 is 1.44 bits per heavy atom.